The number of anilines is 2. The molecule has 0 spiro atoms. The van der Waals surface area contributed by atoms with Crippen molar-refractivity contribution < 1.29 is 0 Å². The molecule has 1 heterocycles. The number of aryl methyl sites for hydroxylation is 1. The molecule has 6 N–H and O–H groups in total. The van der Waals surface area contributed by atoms with Gasteiger partial charge in [-0.3, -0.25) is 0 Å². The zero-order chi connectivity index (χ0) is 11.0. The van der Waals surface area contributed by atoms with Crippen LogP contribution in [0.4, 0.5) is 11.4 Å². The van der Waals surface area contributed by atoms with E-state index in [-0.39, 0.29) is 12.1 Å². The molecule has 15 heavy (non-hydrogen) atoms. The third-order valence-electron chi connectivity index (χ3n) is 2.97. The van der Waals surface area contributed by atoms with Crippen LogP contribution < -0.4 is 22.1 Å². The molecule has 0 aliphatic carbocycles. The summed E-state index contributed by atoms with van der Waals surface area (Å²) in [6, 6.07) is 6.07. The van der Waals surface area contributed by atoms with Crippen LogP contribution in [0.25, 0.3) is 0 Å². The number of nitrogen functional groups attached to an aromatic ring is 1. The normalized spacial score (nSPS) is 25.9. The van der Waals surface area contributed by atoms with Crippen LogP contribution >= 0.6 is 0 Å². The molecule has 1 aliphatic rings. The van der Waals surface area contributed by atoms with Crippen LogP contribution in [-0.4, -0.2) is 25.2 Å². The smallest absolute Gasteiger partial charge is 0.0398 e. The number of nitrogens with zero attached hydrogens (tertiary/aromatic N) is 1. The van der Waals surface area contributed by atoms with Crippen molar-refractivity contribution in [2.45, 2.75) is 19.0 Å². The van der Waals surface area contributed by atoms with E-state index < -0.39 is 0 Å². The average molecular weight is 206 g/mol. The Morgan fingerprint density at radius 2 is 1.80 bits per heavy atom. The molecule has 1 aliphatic heterocycles. The maximum Gasteiger partial charge on any atom is 0.0398 e. The van der Waals surface area contributed by atoms with Crippen molar-refractivity contribution in [1.82, 2.24) is 0 Å². The highest BCUT2D eigenvalue weighted by atomic mass is 15.2. The summed E-state index contributed by atoms with van der Waals surface area (Å²) in [5.74, 6) is 0. The van der Waals surface area contributed by atoms with Gasteiger partial charge in [-0.25, -0.2) is 0 Å². The van der Waals surface area contributed by atoms with E-state index in [1.807, 2.05) is 18.2 Å². The maximum atomic E-state index is 5.89. The van der Waals surface area contributed by atoms with Crippen LogP contribution in [0, 0.1) is 6.92 Å². The second-order valence-corrected chi connectivity index (χ2v) is 4.28. The lowest BCUT2D eigenvalue weighted by atomic mass is 10.1. The predicted octanol–water partition coefficient (Wildman–Crippen LogP) is 0.0518. The van der Waals surface area contributed by atoms with Crippen molar-refractivity contribution in [2.75, 3.05) is 23.7 Å². The Kier molecular flexibility index (Phi) is 2.54. The van der Waals surface area contributed by atoms with Crippen LogP contribution in [0.3, 0.4) is 0 Å². The average Bonchev–Trinajstić information content (AvgIpc) is 2.46. The molecule has 4 heteroatoms. The van der Waals surface area contributed by atoms with Crippen LogP contribution in [0.5, 0.6) is 0 Å². The molecular formula is C11H18N4. The molecule has 0 saturated carbocycles. The molecule has 82 valence electrons. The van der Waals surface area contributed by atoms with Gasteiger partial charge in [0.25, 0.3) is 0 Å². The standard InChI is InChI=1S/C11H18N4/c1-7-4-8(12)2-3-11(7)15-5-9(13)10(14)6-15/h2-4,9-10H,5-6,12-14H2,1H3. The number of benzene rings is 1. The summed E-state index contributed by atoms with van der Waals surface area (Å²) in [5, 5.41) is 0. The molecule has 0 amide bonds. The van der Waals surface area contributed by atoms with Crippen LogP contribution in [-0.2, 0) is 0 Å². The highest BCUT2D eigenvalue weighted by Crippen LogP contribution is 2.25. The van der Waals surface area contributed by atoms with E-state index in [4.69, 9.17) is 17.2 Å². The number of hydrogen-bond donors (Lipinski definition) is 3. The first-order valence-corrected chi connectivity index (χ1v) is 5.20. The second kappa shape index (κ2) is 3.72. The van der Waals surface area contributed by atoms with Crippen molar-refractivity contribution in [3.05, 3.63) is 23.8 Å². The number of nitrogens with two attached hydrogens (primary N) is 3. The summed E-state index contributed by atoms with van der Waals surface area (Å²) in [4.78, 5) is 2.23. The Bertz CT molecular complexity index is 354. The zero-order valence-electron chi connectivity index (χ0n) is 8.98. The minimum atomic E-state index is 0.0713. The van der Waals surface area contributed by atoms with Crippen molar-refractivity contribution in [3.63, 3.8) is 0 Å². The van der Waals surface area contributed by atoms with E-state index in [9.17, 15) is 0 Å². The molecule has 1 aromatic rings. The Hall–Kier alpha value is -1.26. The first-order chi connectivity index (χ1) is 7.08. The van der Waals surface area contributed by atoms with Crippen molar-refractivity contribution in [3.8, 4) is 0 Å². The lowest BCUT2D eigenvalue weighted by Crippen LogP contribution is -2.39. The van der Waals surface area contributed by atoms with E-state index in [0.717, 1.165) is 18.8 Å². The van der Waals surface area contributed by atoms with Gasteiger partial charge in [0.05, 0.1) is 0 Å². The third-order valence-corrected chi connectivity index (χ3v) is 2.97. The van der Waals surface area contributed by atoms with E-state index in [0.29, 0.717) is 0 Å². The fourth-order valence-electron chi connectivity index (χ4n) is 2.08. The molecule has 0 radical (unpaired) electrons. The summed E-state index contributed by atoms with van der Waals surface area (Å²) in [6.07, 6.45) is 0. The molecule has 1 fully saturated rings. The molecule has 0 aromatic heterocycles. The Morgan fingerprint density at radius 3 is 2.33 bits per heavy atom. The molecule has 2 atom stereocenters. The van der Waals surface area contributed by atoms with E-state index >= 15 is 0 Å². The summed E-state index contributed by atoms with van der Waals surface area (Å²) >= 11 is 0. The fourth-order valence-corrected chi connectivity index (χ4v) is 2.08. The monoisotopic (exact) mass is 206 g/mol. The van der Waals surface area contributed by atoms with Gasteiger partial charge in [-0.15, -0.1) is 0 Å². The van der Waals surface area contributed by atoms with E-state index in [1.165, 1.54) is 11.3 Å². The van der Waals surface area contributed by atoms with Gasteiger partial charge in [0, 0.05) is 36.5 Å². The number of hydrogen-bond acceptors (Lipinski definition) is 4. The Morgan fingerprint density at radius 1 is 1.20 bits per heavy atom. The topological polar surface area (TPSA) is 81.3 Å². The van der Waals surface area contributed by atoms with Crippen LogP contribution in [0.1, 0.15) is 5.56 Å². The third kappa shape index (κ3) is 1.91. The van der Waals surface area contributed by atoms with Gasteiger partial charge < -0.3 is 22.1 Å². The lowest BCUT2D eigenvalue weighted by Gasteiger charge is -2.20. The van der Waals surface area contributed by atoms with Gasteiger partial charge in [0.1, 0.15) is 0 Å². The Balaban J connectivity index is 2.24. The van der Waals surface area contributed by atoms with Gasteiger partial charge in [-0.2, -0.15) is 0 Å². The quantitative estimate of drug-likeness (QED) is 0.567. The van der Waals surface area contributed by atoms with Gasteiger partial charge in [0.2, 0.25) is 0 Å². The summed E-state index contributed by atoms with van der Waals surface area (Å²) in [5.41, 5.74) is 20.7. The summed E-state index contributed by atoms with van der Waals surface area (Å²) < 4.78 is 0. The summed E-state index contributed by atoms with van der Waals surface area (Å²) in [7, 11) is 0. The second-order valence-electron chi connectivity index (χ2n) is 4.28. The minimum absolute atomic E-state index is 0.0713. The van der Waals surface area contributed by atoms with E-state index in [1.54, 1.807) is 0 Å². The predicted molar refractivity (Wildman–Crippen MR) is 63.8 cm³/mol. The van der Waals surface area contributed by atoms with Gasteiger partial charge in [-0.1, -0.05) is 0 Å². The lowest BCUT2D eigenvalue weighted by molar-refractivity contribution is 0.642. The molecular weight excluding hydrogens is 188 g/mol. The first kappa shape index (κ1) is 10.3. The van der Waals surface area contributed by atoms with E-state index in [2.05, 4.69) is 11.8 Å². The Labute approximate surface area is 90.0 Å². The molecule has 2 rings (SSSR count). The molecule has 1 saturated heterocycles. The van der Waals surface area contributed by atoms with Crippen molar-refractivity contribution >= 4 is 11.4 Å². The molecule has 1 aromatic carbocycles. The van der Waals surface area contributed by atoms with Crippen molar-refractivity contribution in [2.24, 2.45) is 11.5 Å². The largest absolute Gasteiger partial charge is 0.399 e. The number of rotatable bonds is 1. The van der Waals surface area contributed by atoms with Crippen molar-refractivity contribution in [1.29, 1.82) is 0 Å². The van der Waals surface area contributed by atoms with Gasteiger partial charge in [0.15, 0.2) is 0 Å². The summed E-state index contributed by atoms with van der Waals surface area (Å²) in [6.45, 7) is 3.71. The molecule has 2 unspecified atom stereocenters. The zero-order valence-corrected chi connectivity index (χ0v) is 8.98. The molecule has 0 bridgehead atoms. The highest BCUT2D eigenvalue weighted by molar-refractivity contribution is 5.60. The van der Waals surface area contributed by atoms with Gasteiger partial charge >= 0.3 is 0 Å². The first-order valence-electron chi connectivity index (χ1n) is 5.20. The minimum Gasteiger partial charge on any atom is -0.399 e. The van der Waals surface area contributed by atoms with Crippen LogP contribution in [0.2, 0.25) is 0 Å². The van der Waals surface area contributed by atoms with Gasteiger partial charge in [-0.05, 0) is 30.7 Å². The van der Waals surface area contributed by atoms with Crippen LogP contribution in [0.15, 0.2) is 18.2 Å². The molecule has 4 nitrogen and oxygen atoms in total. The highest BCUT2D eigenvalue weighted by Gasteiger charge is 2.27. The maximum absolute atomic E-state index is 5.89. The SMILES string of the molecule is Cc1cc(N)ccc1N1CC(N)C(N)C1. The fraction of sp³-hybridized carbons (Fsp3) is 0.455.